The normalized spacial score (nSPS) is 11.6. The van der Waals surface area contributed by atoms with Crippen LogP contribution in [0.25, 0.3) is 0 Å². The molecule has 1 aromatic heterocycles. The van der Waals surface area contributed by atoms with E-state index in [1.165, 1.54) is 4.88 Å². The van der Waals surface area contributed by atoms with E-state index in [2.05, 4.69) is 32.9 Å². The first kappa shape index (κ1) is 18.4. The maximum atomic E-state index is 11.4. The molecule has 0 aromatic carbocycles. The number of hydrogen-bond acceptors (Lipinski definition) is 4. The summed E-state index contributed by atoms with van der Waals surface area (Å²) in [6, 6.07) is 0. The molecule has 0 bridgehead atoms. The molecule has 0 saturated heterocycles. The van der Waals surface area contributed by atoms with E-state index in [1.54, 1.807) is 18.4 Å². The number of carbonyl (C=O) groups excluding carboxylic acids is 1. The zero-order chi connectivity index (χ0) is 16.5. The van der Waals surface area contributed by atoms with Crippen molar-refractivity contribution in [1.29, 1.82) is 0 Å². The summed E-state index contributed by atoms with van der Waals surface area (Å²) < 4.78 is 0. The Morgan fingerprint density at radius 2 is 1.82 bits per heavy atom. The molecule has 0 aliphatic rings. The van der Waals surface area contributed by atoms with Crippen molar-refractivity contribution >= 4 is 23.2 Å². The quantitative estimate of drug-likeness (QED) is 0.400. The standard InChI is InChI=1S/C15H27N5OS/c1-10(2)14(21)17-8-9-19-15(16-5)18-7-6-13-20-11(3)12(4)22-13/h10H,6-9H2,1-5H3,(H,17,21)(H2,16,18,19). The number of thiazole rings is 1. The highest BCUT2D eigenvalue weighted by Crippen LogP contribution is 2.16. The van der Waals surface area contributed by atoms with Crippen molar-refractivity contribution in [2.24, 2.45) is 10.9 Å². The van der Waals surface area contributed by atoms with Gasteiger partial charge in [-0.25, -0.2) is 4.98 Å². The Morgan fingerprint density at radius 1 is 1.18 bits per heavy atom. The molecule has 1 heterocycles. The number of hydrogen-bond donors (Lipinski definition) is 3. The number of rotatable bonds is 7. The van der Waals surface area contributed by atoms with Gasteiger partial charge in [-0.15, -0.1) is 11.3 Å². The van der Waals surface area contributed by atoms with E-state index < -0.39 is 0 Å². The van der Waals surface area contributed by atoms with Gasteiger partial charge in [-0.3, -0.25) is 9.79 Å². The van der Waals surface area contributed by atoms with Gasteiger partial charge < -0.3 is 16.0 Å². The van der Waals surface area contributed by atoms with Crippen LogP contribution in [0.15, 0.2) is 4.99 Å². The summed E-state index contributed by atoms with van der Waals surface area (Å²) in [5, 5.41) is 10.4. The average Bonchev–Trinajstić information content (AvgIpc) is 2.79. The highest BCUT2D eigenvalue weighted by atomic mass is 32.1. The molecule has 6 nitrogen and oxygen atoms in total. The van der Waals surface area contributed by atoms with E-state index in [4.69, 9.17) is 0 Å². The van der Waals surface area contributed by atoms with Gasteiger partial charge in [0.25, 0.3) is 0 Å². The third-order valence-corrected chi connectivity index (χ3v) is 4.30. The van der Waals surface area contributed by atoms with Crippen LogP contribution in [0.2, 0.25) is 0 Å². The molecule has 1 rings (SSSR count). The van der Waals surface area contributed by atoms with Crippen molar-refractivity contribution < 1.29 is 4.79 Å². The van der Waals surface area contributed by atoms with Crippen molar-refractivity contribution in [3.63, 3.8) is 0 Å². The number of amides is 1. The van der Waals surface area contributed by atoms with E-state index >= 15 is 0 Å². The lowest BCUT2D eigenvalue weighted by molar-refractivity contribution is -0.123. The van der Waals surface area contributed by atoms with Gasteiger partial charge in [-0.2, -0.15) is 0 Å². The van der Waals surface area contributed by atoms with Gasteiger partial charge in [0.2, 0.25) is 5.91 Å². The fourth-order valence-electron chi connectivity index (χ4n) is 1.73. The Hall–Kier alpha value is -1.63. The van der Waals surface area contributed by atoms with Crippen LogP contribution in [0.5, 0.6) is 0 Å². The fraction of sp³-hybridized carbons (Fsp3) is 0.667. The van der Waals surface area contributed by atoms with E-state index in [0.29, 0.717) is 13.1 Å². The van der Waals surface area contributed by atoms with Crippen molar-refractivity contribution in [2.75, 3.05) is 26.7 Å². The zero-order valence-corrected chi connectivity index (χ0v) is 14.9. The predicted molar refractivity (Wildman–Crippen MR) is 92.5 cm³/mol. The summed E-state index contributed by atoms with van der Waals surface area (Å²) in [6.45, 7) is 9.90. The first-order chi connectivity index (χ1) is 10.4. The molecule has 3 N–H and O–H groups in total. The van der Waals surface area contributed by atoms with Crippen LogP contribution in [-0.2, 0) is 11.2 Å². The lowest BCUT2D eigenvalue weighted by atomic mass is 10.2. The van der Waals surface area contributed by atoms with Crippen LogP contribution in [0.4, 0.5) is 0 Å². The molecular formula is C15H27N5OS. The first-order valence-corrected chi connectivity index (χ1v) is 8.40. The fourth-order valence-corrected chi connectivity index (χ4v) is 2.66. The summed E-state index contributed by atoms with van der Waals surface area (Å²) in [4.78, 5) is 21.4. The third kappa shape index (κ3) is 6.43. The van der Waals surface area contributed by atoms with Gasteiger partial charge in [0.1, 0.15) is 0 Å². The molecule has 0 saturated carbocycles. The molecule has 0 atom stereocenters. The van der Waals surface area contributed by atoms with Gasteiger partial charge in [0.15, 0.2) is 5.96 Å². The Morgan fingerprint density at radius 3 is 2.36 bits per heavy atom. The van der Waals surface area contributed by atoms with Gasteiger partial charge in [0, 0.05) is 43.9 Å². The molecule has 0 fully saturated rings. The van der Waals surface area contributed by atoms with Crippen molar-refractivity contribution in [1.82, 2.24) is 20.9 Å². The zero-order valence-electron chi connectivity index (χ0n) is 14.1. The van der Waals surface area contributed by atoms with Crippen LogP contribution >= 0.6 is 11.3 Å². The first-order valence-electron chi connectivity index (χ1n) is 7.59. The molecule has 124 valence electrons. The van der Waals surface area contributed by atoms with Crippen LogP contribution in [0, 0.1) is 19.8 Å². The van der Waals surface area contributed by atoms with Crippen LogP contribution in [0.1, 0.15) is 29.4 Å². The molecule has 0 aliphatic heterocycles. The summed E-state index contributed by atoms with van der Waals surface area (Å²) in [5.41, 5.74) is 1.11. The van der Waals surface area contributed by atoms with E-state index in [0.717, 1.165) is 29.6 Å². The smallest absolute Gasteiger partial charge is 0.222 e. The number of nitrogens with zero attached hydrogens (tertiary/aromatic N) is 2. The summed E-state index contributed by atoms with van der Waals surface area (Å²) in [7, 11) is 1.74. The number of aliphatic imine (C=N–C) groups is 1. The molecule has 0 spiro atoms. The highest BCUT2D eigenvalue weighted by molar-refractivity contribution is 7.11. The molecule has 1 amide bonds. The molecule has 1 aromatic rings. The Bertz CT molecular complexity index is 491. The molecule has 7 heteroatoms. The lowest BCUT2D eigenvalue weighted by Gasteiger charge is -2.12. The van der Waals surface area contributed by atoms with Gasteiger partial charge in [-0.05, 0) is 13.8 Å². The van der Waals surface area contributed by atoms with Gasteiger partial charge in [0.05, 0.1) is 10.7 Å². The van der Waals surface area contributed by atoms with Crippen LogP contribution < -0.4 is 16.0 Å². The summed E-state index contributed by atoms with van der Waals surface area (Å²) in [5.74, 6) is 0.825. The molecule has 0 unspecified atom stereocenters. The van der Waals surface area contributed by atoms with Crippen molar-refractivity contribution in [2.45, 2.75) is 34.1 Å². The minimum absolute atomic E-state index is 0.0163. The average molecular weight is 325 g/mol. The molecule has 0 radical (unpaired) electrons. The second-order valence-corrected chi connectivity index (χ2v) is 6.66. The van der Waals surface area contributed by atoms with Gasteiger partial charge >= 0.3 is 0 Å². The maximum absolute atomic E-state index is 11.4. The van der Waals surface area contributed by atoms with Crippen molar-refractivity contribution in [3.8, 4) is 0 Å². The van der Waals surface area contributed by atoms with E-state index in [-0.39, 0.29) is 11.8 Å². The number of carbonyl (C=O) groups is 1. The predicted octanol–water partition coefficient (Wildman–Crippen LogP) is 1.24. The number of aryl methyl sites for hydroxylation is 2. The Labute approximate surface area is 136 Å². The number of aromatic nitrogens is 1. The van der Waals surface area contributed by atoms with Gasteiger partial charge in [-0.1, -0.05) is 13.8 Å². The minimum atomic E-state index is 0.0163. The number of guanidine groups is 1. The van der Waals surface area contributed by atoms with E-state index in [9.17, 15) is 4.79 Å². The van der Waals surface area contributed by atoms with Crippen molar-refractivity contribution in [3.05, 3.63) is 15.6 Å². The summed E-state index contributed by atoms with van der Waals surface area (Å²) >= 11 is 1.74. The maximum Gasteiger partial charge on any atom is 0.222 e. The second kappa shape index (κ2) is 9.40. The third-order valence-electron chi connectivity index (χ3n) is 3.17. The monoisotopic (exact) mass is 325 g/mol. The second-order valence-electron chi connectivity index (χ2n) is 5.37. The lowest BCUT2D eigenvalue weighted by Crippen LogP contribution is -2.42. The largest absolute Gasteiger partial charge is 0.356 e. The summed E-state index contributed by atoms with van der Waals surface area (Å²) in [6.07, 6.45) is 0.879. The highest BCUT2D eigenvalue weighted by Gasteiger charge is 2.06. The minimum Gasteiger partial charge on any atom is -0.356 e. The molecule has 0 aliphatic carbocycles. The van der Waals surface area contributed by atoms with E-state index in [1.807, 2.05) is 20.8 Å². The SMILES string of the molecule is CN=C(NCCNC(=O)C(C)C)NCCc1nc(C)c(C)s1. The molecular weight excluding hydrogens is 298 g/mol. The Kier molecular flexibility index (Phi) is 7.87. The van der Waals surface area contributed by atoms with Crippen LogP contribution in [-0.4, -0.2) is 43.5 Å². The Balaban J connectivity index is 2.21. The topological polar surface area (TPSA) is 78.4 Å². The van der Waals surface area contributed by atoms with Crippen LogP contribution in [0.3, 0.4) is 0 Å². The molecule has 22 heavy (non-hydrogen) atoms. The number of nitrogens with one attached hydrogen (secondary N) is 3.